The molecule has 0 spiro atoms. The predicted molar refractivity (Wildman–Crippen MR) is 160 cm³/mol. The Balaban J connectivity index is 1.09. The van der Waals surface area contributed by atoms with Crippen molar-refractivity contribution in [3.05, 3.63) is 11.6 Å². The molecule has 6 fully saturated rings. The minimum absolute atomic E-state index is 0.108. The first kappa shape index (κ1) is 28.3. The maximum absolute atomic E-state index is 13.3. The molecule has 9 atom stereocenters. The van der Waals surface area contributed by atoms with Crippen molar-refractivity contribution in [1.29, 1.82) is 0 Å². The summed E-state index contributed by atoms with van der Waals surface area (Å²) >= 11 is 0. The number of piperidine rings is 1. The zero-order valence-electron chi connectivity index (χ0n) is 26.1. The second-order valence-corrected chi connectivity index (χ2v) is 16.3. The van der Waals surface area contributed by atoms with Crippen LogP contribution in [0.3, 0.4) is 0 Å². The van der Waals surface area contributed by atoms with Gasteiger partial charge in [0.1, 0.15) is 6.10 Å². The Hall–Kier alpha value is -0.830. The number of hydrogen-bond donors (Lipinski definition) is 0. The molecule has 2 bridgehead atoms. The Bertz CT molecular complexity index is 903. The van der Waals surface area contributed by atoms with Gasteiger partial charge in [0.2, 0.25) is 0 Å². The zero-order chi connectivity index (χ0) is 27.4. The maximum atomic E-state index is 13.3. The van der Waals surface area contributed by atoms with E-state index in [0.717, 1.165) is 67.2 Å². The molecule has 220 valence electrons. The molecule has 39 heavy (non-hydrogen) atoms. The number of nitrogens with zero attached hydrogens (tertiary/aromatic N) is 1. The summed E-state index contributed by atoms with van der Waals surface area (Å²) < 4.78 is 6.31. The fraction of sp³-hybridized carbons (Fsp3) is 0.917. The van der Waals surface area contributed by atoms with Crippen molar-refractivity contribution < 1.29 is 9.53 Å². The van der Waals surface area contributed by atoms with Crippen molar-refractivity contribution in [3.8, 4) is 0 Å². The number of ether oxygens (including phenoxy) is 1. The smallest absolute Gasteiger partial charge is 0.310 e. The first-order valence-electron chi connectivity index (χ1n) is 17.3. The second-order valence-electron chi connectivity index (χ2n) is 16.3. The van der Waals surface area contributed by atoms with Crippen LogP contribution >= 0.6 is 0 Å². The van der Waals surface area contributed by atoms with Crippen LogP contribution in [-0.2, 0) is 9.53 Å². The number of carbonyl (C=O) groups excluding carboxylic acids is 1. The van der Waals surface area contributed by atoms with Crippen LogP contribution in [0.5, 0.6) is 0 Å². The number of allylic oxidation sites excluding steroid dienone is 1. The lowest BCUT2D eigenvalue weighted by atomic mass is 9.47. The summed E-state index contributed by atoms with van der Waals surface area (Å²) in [5.41, 5.74) is 2.54. The Morgan fingerprint density at radius 1 is 1.00 bits per heavy atom. The van der Waals surface area contributed by atoms with E-state index in [1.54, 1.807) is 5.57 Å². The lowest BCUT2D eigenvalue weighted by molar-refractivity contribution is -0.157. The number of esters is 1. The predicted octanol–water partition coefficient (Wildman–Crippen LogP) is 8.67. The van der Waals surface area contributed by atoms with Gasteiger partial charge in [-0.05, 0) is 130 Å². The molecular formula is C36H59NO2. The monoisotopic (exact) mass is 537 g/mol. The van der Waals surface area contributed by atoms with E-state index in [-0.39, 0.29) is 18.0 Å². The van der Waals surface area contributed by atoms with Gasteiger partial charge in [0, 0.05) is 13.0 Å². The molecule has 3 heteroatoms. The summed E-state index contributed by atoms with van der Waals surface area (Å²) in [4.78, 5) is 15.8. The third kappa shape index (κ3) is 5.30. The molecule has 0 aromatic carbocycles. The third-order valence-electron chi connectivity index (χ3n) is 13.7. The molecule has 1 unspecified atom stereocenters. The average molecular weight is 538 g/mol. The van der Waals surface area contributed by atoms with Gasteiger partial charge < -0.3 is 9.64 Å². The highest BCUT2D eigenvalue weighted by Crippen LogP contribution is 2.67. The van der Waals surface area contributed by atoms with Gasteiger partial charge in [-0.2, -0.15) is 0 Å². The topological polar surface area (TPSA) is 29.5 Å². The van der Waals surface area contributed by atoms with Crippen molar-refractivity contribution in [2.24, 2.45) is 58.2 Å². The third-order valence-corrected chi connectivity index (χ3v) is 13.7. The van der Waals surface area contributed by atoms with Crippen molar-refractivity contribution in [2.45, 2.75) is 131 Å². The van der Waals surface area contributed by atoms with Crippen molar-refractivity contribution >= 4 is 5.97 Å². The molecular weight excluding hydrogens is 478 g/mol. The summed E-state index contributed by atoms with van der Waals surface area (Å²) in [6.07, 6.45) is 21.0. The molecule has 4 aliphatic carbocycles. The van der Waals surface area contributed by atoms with Crippen molar-refractivity contribution in [3.63, 3.8) is 0 Å². The second kappa shape index (κ2) is 11.1. The highest BCUT2D eigenvalue weighted by molar-refractivity contribution is 5.73. The first-order valence-corrected chi connectivity index (χ1v) is 17.3. The first-order chi connectivity index (χ1) is 18.7. The van der Waals surface area contributed by atoms with E-state index >= 15 is 0 Å². The van der Waals surface area contributed by atoms with Gasteiger partial charge in [0.05, 0.1) is 5.92 Å². The lowest BCUT2D eigenvalue weighted by Crippen LogP contribution is -2.51. The molecule has 0 radical (unpaired) electrons. The number of carbonyl (C=O) groups is 1. The molecule has 7 rings (SSSR count). The molecule has 3 aliphatic heterocycles. The molecule has 7 aliphatic rings. The van der Waals surface area contributed by atoms with Gasteiger partial charge >= 0.3 is 5.97 Å². The molecule has 0 aromatic heterocycles. The van der Waals surface area contributed by atoms with Gasteiger partial charge in [-0.3, -0.25) is 4.79 Å². The quantitative estimate of drug-likeness (QED) is 0.240. The lowest BCUT2D eigenvalue weighted by Gasteiger charge is -2.58. The van der Waals surface area contributed by atoms with Crippen LogP contribution in [0.4, 0.5) is 0 Å². The molecule has 0 aromatic rings. The van der Waals surface area contributed by atoms with Crippen LogP contribution in [0, 0.1) is 58.2 Å². The van der Waals surface area contributed by atoms with Crippen molar-refractivity contribution in [2.75, 3.05) is 19.6 Å². The van der Waals surface area contributed by atoms with E-state index in [1.807, 2.05) is 0 Å². The van der Waals surface area contributed by atoms with Crippen LogP contribution in [-0.4, -0.2) is 36.6 Å². The van der Waals surface area contributed by atoms with Gasteiger partial charge in [-0.15, -0.1) is 0 Å². The van der Waals surface area contributed by atoms with E-state index < -0.39 is 0 Å². The molecule has 3 heterocycles. The summed E-state index contributed by atoms with van der Waals surface area (Å²) in [5.74, 6) is 6.25. The molecule has 0 amide bonds. The molecule has 3 nitrogen and oxygen atoms in total. The van der Waals surface area contributed by atoms with Crippen LogP contribution in [0.1, 0.15) is 125 Å². The molecule has 3 saturated heterocycles. The summed E-state index contributed by atoms with van der Waals surface area (Å²) in [5, 5.41) is 0. The number of rotatable bonds is 7. The van der Waals surface area contributed by atoms with Gasteiger partial charge in [-0.1, -0.05) is 65.5 Å². The fourth-order valence-electron chi connectivity index (χ4n) is 11.4. The van der Waals surface area contributed by atoms with E-state index in [9.17, 15) is 4.79 Å². The SMILES string of the molecule is CC(C)CCC[C@@H](C)[C@H]1CC[C@H]2[C@@H]3CC=C4C[C@@H](OC(=O)C5CC6CCN(CC6)C5)CC[C@]4(C)[C@H]3CC[C@]12C. The minimum Gasteiger partial charge on any atom is -0.462 e. The summed E-state index contributed by atoms with van der Waals surface area (Å²) in [6.45, 7) is 16.0. The summed E-state index contributed by atoms with van der Waals surface area (Å²) in [6, 6.07) is 0. The normalized spacial score (nSPS) is 46.1. The number of fused-ring (bicyclic) bond motifs is 9. The minimum atomic E-state index is 0.108. The Morgan fingerprint density at radius 3 is 2.56 bits per heavy atom. The van der Waals surface area contributed by atoms with E-state index in [2.05, 4.69) is 45.6 Å². The van der Waals surface area contributed by atoms with Crippen LogP contribution in [0.25, 0.3) is 0 Å². The Labute approximate surface area is 240 Å². The maximum Gasteiger partial charge on any atom is 0.310 e. The Morgan fingerprint density at radius 2 is 1.79 bits per heavy atom. The highest BCUT2D eigenvalue weighted by Gasteiger charge is 2.59. The molecule has 0 N–H and O–H groups in total. The van der Waals surface area contributed by atoms with E-state index in [1.165, 1.54) is 83.7 Å². The summed E-state index contributed by atoms with van der Waals surface area (Å²) in [7, 11) is 0. The van der Waals surface area contributed by atoms with Gasteiger partial charge in [-0.25, -0.2) is 0 Å². The van der Waals surface area contributed by atoms with Crippen molar-refractivity contribution in [1.82, 2.24) is 4.90 Å². The largest absolute Gasteiger partial charge is 0.462 e. The van der Waals surface area contributed by atoms with E-state index in [4.69, 9.17) is 4.74 Å². The average Bonchev–Trinajstić information content (AvgIpc) is 3.03. The highest BCUT2D eigenvalue weighted by atomic mass is 16.5. The number of hydrogen-bond acceptors (Lipinski definition) is 3. The fourth-order valence-corrected chi connectivity index (χ4v) is 11.4. The molecule has 3 saturated carbocycles. The van der Waals surface area contributed by atoms with Gasteiger partial charge in [0.25, 0.3) is 0 Å². The standard InChI is InChI=1S/C36H59NO2/c1-24(2)7-6-8-25(3)31-11-12-32-30-10-9-28-22-29(13-17-35(28,4)33(30)14-18-36(31,32)5)39-34(38)27-21-26-15-19-37(23-27)20-16-26/h9,24-27,29-33H,6-8,10-23H2,1-5H3/t25-,27?,29+,30+,31-,32+,33+,35+,36-/m1/s1. The van der Waals surface area contributed by atoms with E-state index in [0.29, 0.717) is 10.8 Å². The van der Waals surface area contributed by atoms with Gasteiger partial charge in [0.15, 0.2) is 0 Å². The van der Waals surface area contributed by atoms with Crippen LogP contribution in [0.15, 0.2) is 11.6 Å². The Kier molecular flexibility index (Phi) is 8.06. The van der Waals surface area contributed by atoms with Crippen LogP contribution in [0.2, 0.25) is 0 Å². The van der Waals surface area contributed by atoms with Crippen LogP contribution < -0.4 is 0 Å². The zero-order valence-corrected chi connectivity index (χ0v) is 26.1.